The van der Waals surface area contributed by atoms with E-state index in [1.165, 1.54) is 31.1 Å². The van der Waals surface area contributed by atoms with Gasteiger partial charge in [-0.25, -0.2) is 0 Å². The van der Waals surface area contributed by atoms with Gasteiger partial charge in [-0.1, -0.05) is 194 Å². The van der Waals surface area contributed by atoms with Gasteiger partial charge in [0.25, 0.3) is 0 Å². The molecule has 0 heterocycles. The van der Waals surface area contributed by atoms with Gasteiger partial charge in [0.15, 0.2) is 0 Å². The molecule has 0 radical (unpaired) electrons. The Labute approximate surface area is 296 Å². The molecule has 0 aliphatic heterocycles. The molecule has 232 valence electrons. The van der Waals surface area contributed by atoms with Gasteiger partial charge in [-0.15, -0.1) is 34.6 Å². The minimum Gasteiger partial charge on any atom is -0.119 e. The molecule has 6 rings (SSSR count). The summed E-state index contributed by atoms with van der Waals surface area (Å²) in [5.41, 5.74) is 7.96. The Balaban J connectivity index is 1.60. The summed E-state index contributed by atoms with van der Waals surface area (Å²) in [6.45, 7) is 0. The van der Waals surface area contributed by atoms with Crippen molar-refractivity contribution in [3.05, 3.63) is 192 Å². The van der Waals surface area contributed by atoms with E-state index >= 15 is 0 Å². The van der Waals surface area contributed by atoms with Crippen molar-refractivity contribution in [1.82, 2.24) is 0 Å². The van der Waals surface area contributed by atoms with Crippen LogP contribution >= 0.6 is 23.5 Å². The SMILES string of the molecule is CS/C(C#C[Si](c1ccccc1)(c1ccccc1)c1ccccc1)=C(\C#C[Si](c1ccccc1)(c1ccccc1)c1ccccc1)SC. The lowest BCUT2D eigenvalue weighted by Gasteiger charge is -2.28. The molecule has 0 saturated heterocycles. The fourth-order valence-corrected chi connectivity index (χ4v) is 15.4. The van der Waals surface area contributed by atoms with Crippen LogP contribution in [0.15, 0.2) is 192 Å². The minimum atomic E-state index is -2.74. The lowest BCUT2D eigenvalue weighted by atomic mass is 10.3. The first kappa shape index (κ1) is 33.2. The first-order valence-electron chi connectivity index (χ1n) is 15.9. The fraction of sp³-hybridized carbons (Fsp3) is 0.0455. The van der Waals surface area contributed by atoms with Crippen LogP contribution in [0.4, 0.5) is 0 Å². The Hall–Kier alpha value is -4.69. The number of allylic oxidation sites excluding steroid dienone is 2. The highest BCUT2D eigenvalue weighted by atomic mass is 32.2. The van der Waals surface area contributed by atoms with Gasteiger partial charge in [0.1, 0.15) is 0 Å². The molecule has 0 aliphatic carbocycles. The highest BCUT2D eigenvalue weighted by molar-refractivity contribution is 8.06. The quantitative estimate of drug-likeness (QED) is 0.104. The first-order valence-corrected chi connectivity index (χ1v) is 22.4. The second-order valence-corrected chi connectivity index (χ2v) is 19.9. The van der Waals surface area contributed by atoms with E-state index in [-0.39, 0.29) is 0 Å². The zero-order valence-corrected chi connectivity index (χ0v) is 30.8. The van der Waals surface area contributed by atoms with Crippen molar-refractivity contribution in [2.75, 3.05) is 12.5 Å². The van der Waals surface area contributed by atoms with E-state index in [0.717, 1.165) is 9.81 Å². The Morgan fingerprint density at radius 1 is 0.333 bits per heavy atom. The summed E-state index contributed by atoms with van der Waals surface area (Å²) in [6.07, 6.45) is 4.24. The molecule has 48 heavy (non-hydrogen) atoms. The molecule has 6 aromatic rings. The van der Waals surface area contributed by atoms with Crippen LogP contribution in [0, 0.1) is 22.9 Å². The highest BCUT2D eigenvalue weighted by Crippen LogP contribution is 2.24. The van der Waals surface area contributed by atoms with Crippen LogP contribution in [0.1, 0.15) is 0 Å². The maximum atomic E-state index is 3.98. The molecule has 0 saturated carbocycles. The van der Waals surface area contributed by atoms with Gasteiger partial charge >= 0.3 is 0 Å². The molecule has 0 fully saturated rings. The summed E-state index contributed by atoms with van der Waals surface area (Å²) in [6, 6.07) is 65.1. The van der Waals surface area contributed by atoms with Gasteiger partial charge < -0.3 is 0 Å². The van der Waals surface area contributed by atoms with Crippen molar-refractivity contribution in [1.29, 1.82) is 0 Å². The summed E-state index contributed by atoms with van der Waals surface area (Å²) in [4.78, 5) is 2.01. The second-order valence-electron chi connectivity index (χ2n) is 11.3. The highest BCUT2D eigenvalue weighted by Gasteiger charge is 2.39. The lowest BCUT2D eigenvalue weighted by molar-refractivity contribution is 1.69. The van der Waals surface area contributed by atoms with Crippen LogP contribution in [0.5, 0.6) is 0 Å². The fourth-order valence-electron chi connectivity index (χ4n) is 6.26. The standard InChI is InChI=1S/C44H36S2Si2/c1-45-43(33-35-47(37-21-9-3-10-22-37,38-23-11-4-12-24-38)39-25-13-5-14-26-39)44(46-2)34-36-48(40-27-15-6-16-28-40,41-29-17-7-18-30-41)42-31-19-8-20-32-42/h3-32H,1-2H3/b44-43+. The molecule has 4 heteroatoms. The third kappa shape index (κ3) is 6.81. The molecule has 0 nitrogen and oxygen atoms in total. The zero-order valence-electron chi connectivity index (χ0n) is 27.1. The minimum absolute atomic E-state index is 1.01. The monoisotopic (exact) mass is 684 g/mol. The van der Waals surface area contributed by atoms with Crippen molar-refractivity contribution in [3.63, 3.8) is 0 Å². The average Bonchev–Trinajstić information content (AvgIpc) is 3.18. The molecule has 0 aliphatic rings. The van der Waals surface area contributed by atoms with E-state index in [2.05, 4.69) is 217 Å². The van der Waals surface area contributed by atoms with Gasteiger partial charge in [-0.05, 0) is 43.6 Å². The van der Waals surface area contributed by atoms with Crippen LogP contribution in [0.2, 0.25) is 0 Å². The van der Waals surface area contributed by atoms with E-state index in [1.54, 1.807) is 23.5 Å². The Morgan fingerprint density at radius 2 is 0.521 bits per heavy atom. The first-order chi connectivity index (χ1) is 23.7. The van der Waals surface area contributed by atoms with E-state index in [4.69, 9.17) is 0 Å². The predicted octanol–water partition coefficient (Wildman–Crippen LogP) is 6.35. The molecule has 0 spiro atoms. The Morgan fingerprint density at radius 3 is 0.688 bits per heavy atom. The van der Waals surface area contributed by atoms with Crippen molar-refractivity contribution in [2.45, 2.75) is 0 Å². The number of thioether (sulfide) groups is 2. The Kier molecular flexibility index (Phi) is 11.0. The molecule has 0 unspecified atom stereocenters. The molecular formula is C44H36S2Si2. The molecule has 0 aromatic heterocycles. The van der Waals surface area contributed by atoms with Crippen LogP contribution in [0.3, 0.4) is 0 Å². The van der Waals surface area contributed by atoms with Crippen LogP contribution in [-0.4, -0.2) is 28.7 Å². The van der Waals surface area contributed by atoms with Crippen LogP contribution in [-0.2, 0) is 0 Å². The van der Waals surface area contributed by atoms with Gasteiger partial charge in [0.2, 0.25) is 16.1 Å². The molecular weight excluding hydrogens is 649 g/mol. The summed E-state index contributed by atoms with van der Waals surface area (Å²) >= 11 is 3.37. The third-order valence-corrected chi connectivity index (χ3v) is 18.3. The summed E-state index contributed by atoms with van der Waals surface area (Å²) < 4.78 is 0. The topological polar surface area (TPSA) is 0 Å². The molecule has 0 bridgehead atoms. The number of rotatable bonds is 8. The number of benzene rings is 6. The molecule has 0 N–H and O–H groups in total. The van der Waals surface area contributed by atoms with E-state index in [0.29, 0.717) is 0 Å². The van der Waals surface area contributed by atoms with Gasteiger partial charge in [-0.3, -0.25) is 0 Å². The van der Waals surface area contributed by atoms with Gasteiger partial charge in [0, 0.05) is 0 Å². The maximum Gasteiger partial charge on any atom is 0.230 e. The van der Waals surface area contributed by atoms with Crippen LogP contribution in [0.25, 0.3) is 0 Å². The van der Waals surface area contributed by atoms with Crippen molar-refractivity contribution in [2.24, 2.45) is 0 Å². The molecule has 6 aromatic carbocycles. The largest absolute Gasteiger partial charge is 0.230 e. The van der Waals surface area contributed by atoms with Crippen molar-refractivity contribution < 1.29 is 0 Å². The third-order valence-electron chi connectivity index (χ3n) is 8.58. The van der Waals surface area contributed by atoms with E-state index in [9.17, 15) is 0 Å². The van der Waals surface area contributed by atoms with Crippen molar-refractivity contribution in [3.8, 4) is 22.9 Å². The smallest absolute Gasteiger partial charge is 0.119 e. The zero-order chi connectivity index (χ0) is 33.1. The summed E-state index contributed by atoms with van der Waals surface area (Å²) in [5.74, 6) is 7.52. The van der Waals surface area contributed by atoms with E-state index in [1.807, 2.05) is 0 Å². The average molecular weight is 685 g/mol. The Bertz CT molecular complexity index is 1730. The maximum absolute atomic E-state index is 3.98. The van der Waals surface area contributed by atoms with Crippen molar-refractivity contribution >= 4 is 70.8 Å². The predicted molar refractivity (Wildman–Crippen MR) is 218 cm³/mol. The van der Waals surface area contributed by atoms with Gasteiger partial charge in [0.05, 0.1) is 9.81 Å². The number of hydrogen-bond acceptors (Lipinski definition) is 2. The number of hydrogen-bond donors (Lipinski definition) is 0. The van der Waals surface area contributed by atoms with Crippen LogP contribution < -0.4 is 31.1 Å². The second kappa shape index (κ2) is 15.9. The normalized spacial score (nSPS) is 11.7. The summed E-state index contributed by atoms with van der Waals surface area (Å²) in [7, 11) is -5.47. The molecule has 0 atom stereocenters. The van der Waals surface area contributed by atoms with Gasteiger partial charge in [-0.2, -0.15) is 0 Å². The van der Waals surface area contributed by atoms with E-state index < -0.39 is 16.1 Å². The summed E-state index contributed by atoms with van der Waals surface area (Å²) in [5, 5.41) is 7.64. The lowest BCUT2D eigenvalue weighted by Crippen LogP contribution is -2.66. The molecule has 0 amide bonds.